The Kier molecular flexibility index (Phi) is 8.48. The van der Waals surface area contributed by atoms with Crippen LogP contribution in [0.3, 0.4) is 0 Å². The van der Waals surface area contributed by atoms with Crippen molar-refractivity contribution in [3.63, 3.8) is 0 Å². The van der Waals surface area contributed by atoms with Gasteiger partial charge in [0, 0.05) is 13.3 Å². The second kappa shape index (κ2) is 9.83. The molecule has 0 unspecified atom stereocenters. The van der Waals surface area contributed by atoms with Crippen molar-refractivity contribution in [1.82, 2.24) is 0 Å². The van der Waals surface area contributed by atoms with E-state index in [1.165, 1.54) is 51.2 Å². The maximum absolute atomic E-state index is 12.3. The fraction of sp³-hybridized carbons (Fsp3) is 0.778. The Balaban J connectivity index is 2.33. The van der Waals surface area contributed by atoms with Crippen LogP contribution in [0.2, 0.25) is 0 Å². The van der Waals surface area contributed by atoms with Crippen molar-refractivity contribution in [3.8, 4) is 0 Å². The molecule has 0 fully saturated rings. The number of unbranched alkanes of at least 4 members (excludes halogenated alkanes) is 7. The van der Waals surface area contributed by atoms with Gasteiger partial charge < -0.3 is 14.9 Å². The first kappa shape index (κ1) is 19.8. The summed E-state index contributed by atoms with van der Waals surface area (Å²) in [5.74, 6) is -1.06. The highest BCUT2D eigenvalue weighted by molar-refractivity contribution is 5.90. The van der Waals surface area contributed by atoms with Gasteiger partial charge in [-0.25, -0.2) is 0 Å². The number of hydrogen-bond donors (Lipinski definition) is 2. The van der Waals surface area contributed by atoms with Crippen molar-refractivity contribution < 1.29 is 24.5 Å². The topological polar surface area (TPSA) is 83.8 Å². The second-order valence-corrected chi connectivity index (χ2v) is 6.33. The van der Waals surface area contributed by atoms with Gasteiger partial charge in [0.2, 0.25) is 0 Å². The number of aliphatic hydroxyl groups excluding tert-OH is 1. The summed E-state index contributed by atoms with van der Waals surface area (Å²) in [5.41, 5.74) is -2.03. The molecule has 5 heteroatoms. The van der Waals surface area contributed by atoms with Crippen molar-refractivity contribution >= 4 is 11.8 Å². The number of ether oxygens (including phenoxy) is 1. The second-order valence-electron chi connectivity index (χ2n) is 6.33. The summed E-state index contributed by atoms with van der Waals surface area (Å²) in [4.78, 5) is 23.4. The molecule has 3 atom stereocenters. The summed E-state index contributed by atoms with van der Waals surface area (Å²) in [6.45, 7) is 3.40. The van der Waals surface area contributed by atoms with E-state index in [1.54, 1.807) is 0 Å². The molecule has 0 heterocycles. The molecule has 1 aliphatic carbocycles. The van der Waals surface area contributed by atoms with Crippen LogP contribution in [0.5, 0.6) is 0 Å². The van der Waals surface area contributed by atoms with E-state index < -0.39 is 29.6 Å². The summed E-state index contributed by atoms with van der Waals surface area (Å²) in [6.07, 6.45) is 9.26. The van der Waals surface area contributed by atoms with E-state index >= 15 is 0 Å². The molecule has 0 aliphatic heterocycles. The summed E-state index contributed by atoms with van der Waals surface area (Å²) in [5, 5.41) is 20.4. The van der Waals surface area contributed by atoms with Crippen molar-refractivity contribution in [2.24, 2.45) is 0 Å². The van der Waals surface area contributed by atoms with Crippen LogP contribution in [0.15, 0.2) is 12.2 Å². The number of carbonyl (C=O) groups is 2. The first-order valence-electron chi connectivity index (χ1n) is 8.72. The van der Waals surface area contributed by atoms with Gasteiger partial charge in [-0.05, 0) is 12.5 Å². The summed E-state index contributed by atoms with van der Waals surface area (Å²) >= 11 is 0. The third-order valence-electron chi connectivity index (χ3n) is 4.35. The Labute approximate surface area is 138 Å². The van der Waals surface area contributed by atoms with Gasteiger partial charge in [-0.3, -0.25) is 9.59 Å². The van der Waals surface area contributed by atoms with Gasteiger partial charge in [0.15, 0.2) is 17.5 Å². The lowest BCUT2D eigenvalue weighted by atomic mass is 9.88. The molecule has 0 radical (unpaired) electrons. The van der Waals surface area contributed by atoms with Crippen molar-refractivity contribution in [2.45, 2.75) is 89.4 Å². The lowest BCUT2D eigenvalue weighted by molar-refractivity contribution is -0.172. The van der Waals surface area contributed by atoms with Gasteiger partial charge in [0.25, 0.3) is 0 Å². The SMILES string of the molecule is CCCCCCCCCCC(=O)[C@]1(O)[C@H](O)C=C[C@H]1OC(C)=O. The fourth-order valence-electron chi connectivity index (χ4n) is 2.92. The van der Waals surface area contributed by atoms with E-state index in [9.17, 15) is 19.8 Å². The molecule has 0 spiro atoms. The molecule has 0 saturated carbocycles. The Bertz CT molecular complexity index is 418. The van der Waals surface area contributed by atoms with Crippen LogP contribution in [-0.2, 0) is 14.3 Å². The average molecular weight is 326 g/mol. The molecule has 132 valence electrons. The van der Waals surface area contributed by atoms with Crippen LogP contribution >= 0.6 is 0 Å². The molecule has 2 N–H and O–H groups in total. The van der Waals surface area contributed by atoms with Crippen LogP contribution < -0.4 is 0 Å². The van der Waals surface area contributed by atoms with Gasteiger partial charge in [-0.1, -0.05) is 57.9 Å². The highest BCUT2D eigenvalue weighted by atomic mass is 16.6. The fourth-order valence-corrected chi connectivity index (χ4v) is 2.92. The van der Waals surface area contributed by atoms with Gasteiger partial charge in [-0.15, -0.1) is 0 Å². The lowest BCUT2D eigenvalue weighted by Crippen LogP contribution is -2.55. The Morgan fingerprint density at radius 1 is 1.04 bits per heavy atom. The molecule has 1 rings (SSSR count). The van der Waals surface area contributed by atoms with Crippen molar-refractivity contribution in [3.05, 3.63) is 12.2 Å². The number of hydrogen-bond acceptors (Lipinski definition) is 5. The zero-order chi connectivity index (χ0) is 17.3. The van der Waals surface area contributed by atoms with Crippen LogP contribution in [0.25, 0.3) is 0 Å². The van der Waals surface area contributed by atoms with Crippen LogP contribution in [0, 0.1) is 0 Å². The highest BCUT2D eigenvalue weighted by Crippen LogP contribution is 2.30. The van der Waals surface area contributed by atoms with Gasteiger partial charge >= 0.3 is 5.97 Å². The predicted molar refractivity (Wildman–Crippen MR) is 87.9 cm³/mol. The van der Waals surface area contributed by atoms with E-state index in [0.29, 0.717) is 6.42 Å². The van der Waals surface area contributed by atoms with Crippen LogP contribution in [-0.4, -0.2) is 39.8 Å². The lowest BCUT2D eigenvalue weighted by Gasteiger charge is -2.30. The van der Waals surface area contributed by atoms with Gasteiger partial charge in [0.05, 0.1) is 0 Å². The average Bonchev–Trinajstić information content (AvgIpc) is 2.78. The van der Waals surface area contributed by atoms with Crippen LogP contribution in [0.1, 0.15) is 71.6 Å². The first-order chi connectivity index (χ1) is 10.9. The number of aliphatic hydroxyl groups is 2. The molecule has 0 aromatic heterocycles. The van der Waals surface area contributed by atoms with E-state index in [0.717, 1.165) is 12.8 Å². The summed E-state index contributed by atoms with van der Waals surface area (Å²) in [7, 11) is 0. The molecule has 5 nitrogen and oxygen atoms in total. The molecule has 23 heavy (non-hydrogen) atoms. The maximum Gasteiger partial charge on any atom is 0.303 e. The molecular formula is C18H30O5. The normalized spacial score (nSPS) is 26.4. The number of Topliss-reactive ketones (excluding diaryl/α,β-unsaturated/α-hetero) is 1. The van der Waals surface area contributed by atoms with Crippen molar-refractivity contribution in [2.75, 3.05) is 0 Å². The minimum Gasteiger partial charge on any atom is -0.455 e. The largest absolute Gasteiger partial charge is 0.455 e. The third-order valence-corrected chi connectivity index (χ3v) is 4.35. The number of esters is 1. The standard InChI is InChI=1S/C18H30O5/c1-3-4-5-6-7-8-9-10-11-15(20)18(22)16(21)12-13-17(18)23-14(2)19/h12-13,16-17,21-22H,3-11H2,1-2H3/t16-,17-,18+/m1/s1. The van der Waals surface area contributed by atoms with E-state index in [4.69, 9.17) is 4.74 Å². The van der Waals surface area contributed by atoms with E-state index in [2.05, 4.69) is 6.92 Å². The molecular weight excluding hydrogens is 296 g/mol. The molecule has 0 saturated heterocycles. The molecule has 0 aromatic carbocycles. The summed E-state index contributed by atoms with van der Waals surface area (Å²) in [6, 6.07) is 0. The Morgan fingerprint density at radius 2 is 1.61 bits per heavy atom. The predicted octanol–water partition coefficient (Wildman–Crippen LogP) is 2.68. The molecule has 0 bridgehead atoms. The van der Waals surface area contributed by atoms with Gasteiger partial charge in [0.1, 0.15) is 6.10 Å². The van der Waals surface area contributed by atoms with E-state index in [-0.39, 0.29) is 6.42 Å². The Morgan fingerprint density at radius 3 is 2.17 bits per heavy atom. The number of rotatable bonds is 11. The maximum atomic E-state index is 12.3. The van der Waals surface area contributed by atoms with Crippen LogP contribution in [0.4, 0.5) is 0 Å². The summed E-state index contributed by atoms with van der Waals surface area (Å²) < 4.78 is 4.94. The quantitative estimate of drug-likeness (QED) is 0.346. The highest BCUT2D eigenvalue weighted by Gasteiger charge is 2.52. The Hall–Kier alpha value is -1.20. The van der Waals surface area contributed by atoms with Gasteiger partial charge in [-0.2, -0.15) is 0 Å². The zero-order valence-corrected chi connectivity index (χ0v) is 14.3. The van der Waals surface area contributed by atoms with Crippen molar-refractivity contribution in [1.29, 1.82) is 0 Å². The zero-order valence-electron chi connectivity index (χ0n) is 14.3. The smallest absolute Gasteiger partial charge is 0.303 e. The minimum atomic E-state index is -2.03. The monoisotopic (exact) mass is 326 g/mol. The first-order valence-corrected chi connectivity index (χ1v) is 8.72. The third kappa shape index (κ3) is 5.74. The molecule has 1 aliphatic rings. The number of ketones is 1. The number of carbonyl (C=O) groups excluding carboxylic acids is 2. The molecule has 0 aromatic rings. The van der Waals surface area contributed by atoms with E-state index in [1.807, 2.05) is 0 Å². The minimum absolute atomic E-state index is 0.183. The molecule has 0 amide bonds.